The first-order valence-corrected chi connectivity index (χ1v) is 7.99. The highest BCUT2D eigenvalue weighted by atomic mass is 32.2. The molecule has 2 nitrogen and oxygen atoms in total. The lowest BCUT2D eigenvalue weighted by Crippen LogP contribution is -2.20. The Hall–Kier alpha value is -0.970. The fraction of sp³-hybridized carbons (Fsp3) is 0.286. The van der Waals surface area contributed by atoms with Crippen molar-refractivity contribution in [1.29, 1.82) is 0 Å². The molecule has 0 aliphatic carbocycles. The van der Waals surface area contributed by atoms with E-state index in [1.807, 2.05) is 18.2 Å². The van der Waals surface area contributed by atoms with Crippen molar-refractivity contribution in [1.82, 2.24) is 5.32 Å². The van der Waals surface area contributed by atoms with E-state index in [1.165, 1.54) is 9.77 Å². The lowest BCUT2D eigenvalue weighted by molar-refractivity contribution is 0.307. The van der Waals surface area contributed by atoms with E-state index in [1.54, 1.807) is 23.1 Å². The van der Waals surface area contributed by atoms with Gasteiger partial charge in [-0.15, -0.1) is 23.1 Å². The third-order valence-electron chi connectivity index (χ3n) is 2.48. The Morgan fingerprint density at radius 3 is 2.89 bits per heavy atom. The van der Waals surface area contributed by atoms with Crippen molar-refractivity contribution in [3.63, 3.8) is 0 Å². The van der Waals surface area contributed by atoms with E-state index in [2.05, 4.69) is 35.2 Å². The van der Waals surface area contributed by atoms with Gasteiger partial charge in [0, 0.05) is 22.9 Å². The molecule has 1 heterocycles. The van der Waals surface area contributed by atoms with Crippen LogP contribution in [0.3, 0.4) is 0 Å². The second kappa shape index (κ2) is 7.46. The van der Waals surface area contributed by atoms with Gasteiger partial charge in [0.2, 0.25) is 0 Å². The molecule has 1 aromatic carbocycles. The monoisotopic (exact) mass is 279 g/mol. The number of ether oxygens (including phenoxy) is 1. The third-order valence-corrected chi connectivity index (χ3v) is 4.14. The third kappa shape index (κ3) is 4.05. The van der Waals surface area contributed by atoms with Gasteiger partial charge in [0.25, 0.3) is 0 Å². The van der Waals surface area contributed by atoms with Gasteiger partial charge < -0.3 is 10.1 Å². The molecule has 0 bridgehead atoms. The summed E-state index contributed by atoms with van der Waals surface area (Å²) in [4.78, 5) is 2.55. The van der Waals surface area contributed by atoms with Crippen molar-refractivity contribution in [2.45, 2.75) is 11.4 Å². The van der Waals surface area contributed by atoms with Crippen molar-refractivity contribution < 1.29 is 4.74 Å². The second-order valence-electron chi connectivity index (χ2n) is 3.76. The lowest BCUT2D eigenvalue weighted by atomic mass is 10.3. The van der Waals surface area contributed by atoms with Gasteiger partial charge >= 0.3 is 0 Å². The number of benzene rings is 1. The van der Waals surface area contributed by atoms with Crippen molar-refractivity contribution in [2.75, 3.05) is 19.4 Å². The van der Waals surface area contributed by atoms with Crippen LogP contribution < -0.4 is 10.1 Å². The average molecular weight is 279 g/mol. The summed E-state index contributed by atoms with van der Waals surface area (Å²) < 4.78 is 5.77. The molecule has 0 aliphatic heterocycles. The first kappa shape index (κ1) is 13.5. The van der Waals surface area contributed by atoms with Gasteiger partial charge in [-0.1, -0.05) is 18.2 Å². The lowest BCUT2D eigenvalue weighted by Gasteiger charge is -2.10. The maximum Gasteiger partial charge on any atom is 0.132 e. The van der Waals surface area contributed by atoms with E-state index >= 15 is 0 Å². The molecule has 4 heteroatoms. The van der Waals surface area contributed by atoms with E-state index in [-0.39, 0.29) is 0 Å². The van der Waals surface area contributed by atoms with Gasteiger partial charge in [-0.25, -0.2) is 0 Å². The van der Waals surface area contributed by atoms with Gasteiger partial charge in [-0.2, -0.15) is 0 Å². The molecule has 0 radical (unpaired) electrons. The molecule has 0 fully saturated rings. The number of thiophene rings is 1. The molecule has 0 saturated heterocycles. The number of rotatable bonds is 7. The van der Waals surface area contributed by atoms with Crippen molar-refractivity contribution in [2.24, 2.45) is 0 Å². The van der Waals surface area contributed by atoms with Crippen LogP contribution in [0.25, 0.3) is 0 Å². The zero-order valence-corrected chi connectivity index (χ0v) is 12.0. The maximum atomic E-state index is 5.77. The molecule has 18 heavy (non-hydrogen) atoms. The van der Waals surface area contributed by atoms with Crippen molar-refractivity contribution >= 4 is 23.1 Å². The van der Waals surface area contributed by atoms with Crippen LogP contribution in [0.15, 0.2) is 46.7 Å². The van der Waals surface area contributed by atoms with Gasteiger partial charge in [-0.3, -0.25) is 0 Å². The largest absolute Gasteiger partial charge is 0.491 e. The van der Waals surface area contributed by atoms with E-state index < -0.39 is 0 Å². The standard InChI is InChI=1S/C14H17NOS2/c1-17-14-7-3-2-6-13(14)16-9-8-15-11-12-5-4-10-18-12/h2-7,10,15H,8-9,11H2,1H3. The Morgan fingerprint density at radius 1 is 1.22 bits per heavy atom. The number of nitrogens with one attached hydrogen (secondary N) is 1. The minimum absolute atomic E-state index is 0.697. The van der Waals surface area contributed by atoms with Crippen LogP contribution in [-0.2, 0) is 6.54 Å². The van der Waals surface area contributed by atoms with Gasteiger partial charge in [0.05, 0.1) is 0 Å². The van der Waals surface area contributed by atoms with Gasteiger partial charge in [0.15, 0.2) is 0 Å². The molecular weight excluding hydrogens is 262 g/mol. The summed E-state index contributed by atoms with van der Waals surface area (Å²) >= 11 is 3.49. The zero-order chi connectivity index (χ0) is 12.6. The Kier molecular flexibility index (Phi) is 5.58. The molecule has 0 spiro atoms. The molecule has 1 aromatic heterocycles. The molecule has 0 saturated carbocycles. The van der Waals surface area contributed by atoms with Crippen LogP contribution in [-0.4, -0.2) is 19.4 Å². The Balaban J connectivity index is 1.69. The summed E-state index contributed by atoms with van der Waals surface area (Å²) in [6, 6.07) is 12.4. The molecule has 0 aliphatic rings. The fourth-order valence-corrected chi connectivity index (χ4v) is 2.81. The Morgan fingerprint density at radius 2 is 2.11 bits per heavy atom. The summed E-state index contributed by atoms with van der Waals surface area (Å²) in [5.74, 6) is 0.975. The highest BCUT2D eigenvalue weighted by Crippen LogP contribution is 2.26. The van der Waals surface area contributed by atoms with E-state index in [0.717, 1.165) is 18.8 Å². The summed E-state index contributed by atoms with van der Waals surface area (Å²) in [5.41, 5.74) is 0. The normalized spacial score (nSPS) is 10.5. The van der Waals surface area contributed by atoms with E-state index in [9.17, 15) is 0 Å². The van der Waals surface area contributed by atoms with Gasteiger partial charge in [0.1, 0.15) is 12.4 Å². The first-order chi connectivity index (χ1) is 8.90. The average Bonchev–Trinajstić information content (AvgIpc) is 2.92. The molecular formula is C14H17NOS2. The van der Waals surface area contributed by atoms with Crippen molar-refractivity contribution in [3.8, 4) is 5.75 Å². The molecule has 0 atom stereocenters. The zero-order valence-electron chi connectivity index (χ0n) is 10.4. The summed E-state index contributed by atoms with van der Waals surface area (Å²) in [6.07, 6.45) is 2.07. The topological polar surface area (TPSA) is 21.3 Å². The van der Waals surface area contributed by atoms with Crippen LogP contribution in [0, 0.1) is 0 Å². The molecule has 0 unspecified atom stereocenters. The quantitative estimate of drug-likeness (QED) is 0.617. The Labute approximate surface area is 116 Å². The SMILES string of the molecule is CSc1ccccc1OCCNCc1cccs1. The van der Waals surface area contributed by atoms with Gasteiger partial charge in [-0.05, 0) is 29.8 Å². The first-order valence-electron chi connectivity index (χ1n) is 5.89. The highest BCUT2D eigenvalue weighted by Gasteiger charge is 2.00. The minimum Gasteiger partial charge on any atom is -0.491 e. The number of thioether (sulfide) groups is 1. The summed E-state index contributed by atoms with van der Waals surface area (Å²) in [5, 5.41) is 5.47. The smallest absolute Gasteiger partial charge is 0.132 e. The van der Waals surface area contributed by atoms with Crippen LogP contribution in [0.5, 0.6) is 5.75 Å². The molecule has 2 aromatic rings. The fourth-order valence-electron chi connectivity index (χ4n) is 1.60. The van der Waals surface area contributed by atoms with Crippen LogP contribution in [0.1, 0.15) is 4.88 Å². The summed E-state index contributed by atoms with van der Waals surface area (Å²) in [7, 11) is 0. The van der Waals surface area contributed by atoms with E-state index in [0.29, 0.717) is 6.61 Å². The predicted molar refractivity (Wildman–Crippen MR) is 79.7 cm³/mol. The Bertz CT molecular complexity index is 457. The number of para-hydroxylation sites is 1. The molecule has 0 amide bonds. The van der Waals surface area contributed by atoms with E-state index in [4.69, 9.17) is 4.74 Å². The van der Waals surface area contributed by atoms with Crippen LogP contribution >= 0.6 is 23.1 Å². The molecule has 96 valence electrons. The second-order valence-corrected chi connectivity index (χ2v) is 5.64. The summed E-state index contributed by atoms with van der Waals surface area (Å²) in [6.45, 7) is 2.48. The highest BCUT2D eigenvalue weighted by molar-refractivity contribution is 7.98. The maximum absolute atomic E-state index is 5.77. The predicted octanol–water partition coefficient (Wildman–Crippen LogP) is 3.64. The molecule has 2 rings (SSSR count). The van der Waals surface area contributed by atoms with Crippen LogP contribution in [0.2, 0.25) is 0 Å². The minimum atomic E-state index is 0.697. The number of hydrogen-bond donors (Lipinski definition) is 1. The molecule has 1 N–H and O–H groups in total. The van der Waals surface area contributed by atoms with Crippen molar-refractivity contribution in [3.05, 3.63) is 46.7 Å². The number of hydrogen-bond acceptors (Lipinski definition) is 4. The van der Waals surface area contributed by atoms with Crippen LogP contribution in [0.4, 0.5) is 0 Å².